The molecular formula is C18H22F2N6O. The van der Waals surface area contributed by atoms with Crippen molar-refractivity contribution in [3.8, 4) is 0 Å². The summed E-state index contributed by atoms with van der Waals surface area (Å²) in [6.45, 7) is 7.08. The van der Waals surface area contributed by atoms with Gasteiger partial charge in [-0.3, -0.25) is 0 Å². The van der Waals surface area contributed by atoms with Crippen LogP contribution in [0.3, 0.4) is 0 Å². The first-order valence-electron chi connectivity index (χ1n) is 8.65. The van der Waals surface area contributed by atoms with E-state index in [0.29, 0.717) is 23.0 Å². The fourth-order valence-electron chi connectivity index (χ4n) is 2.89. The van der Waals surface area contributed by atoms with Crippen LogP contribution in [0, 0.1) is 25.5 Å². The summed E-state index contributed by atoms with van der Waals surface area (Å²) in [6.07, 6.45) is 0. The van der Waals surface area contributed by atoms with Crippen LogP contribution < -0.4 is 15.5 Å². The molecule has 27 heavy (non-hydrogen) atoms. The van der Waals surface area contributed by atoms with Crippen LogP contribution in [0.4, 0.5) is 30.9 Å². The van der Waals surface area contributed by atoms with E-state index in [0.717, 1.165) is 44.4 Å². The second-order valence-electron chi connectivity index (χ2n) is 6.56. The van der Waals surface area contributed by atoms with Crippen molar-refractivity contribution in [2.45, 2.75) is 13.8 Å². The van der Waals surface area contributed by atoms with E-state index in [1.165, 1.54) is 0 Å². The minimum absolute atomic E-state index is 0.238. The predicted molar refractivity (Wildman–Crippen MR) is 100 cm³/mol. The van der Waals surface area contributed by atoms with Gasteiger partial charge in [-0.1, -0.05) is 0 Å². The molecular weight excluding hydrogens is 354 g/mol. The highest BCUT2D eigenvalue weighted by Gasteiger charge is 2.19. The highest BCUT2D eigenvalue weighted by molar-refractivity contribution is 6.00. The van der Waals surface area contributed by atoms with E-state index in [1.54, 1.807) is 13.8 Å². The lowest BCUT2D eigenvalue weighted by Gasteiger charge is -2.32. The van der Waals surface area contributed by atoms with Crippen LogP contribution in [0.1, 0.15) is 11.4 Å². The van der Waals surface area contributed by atoms with Gasteiger partial charge in [-0.05, 0) is 33.0 Å². The molecule has 0 saturated carbocycles. The average molecular weight is 376 g/mol. The summed E-state index contributed by atoms with van der Waals surface area (Å²) in [5.74, 6) is -0.735. The normalized spacial score (nSPS) is 14.9. The number of amides is 2. The van der Waals surface area contributed by atoms with Gasteiger partial charge in [0.25, 0.3) is 0 Å². The first-order valence-corrected chi connectivity index (χ1v) is 8.65. The molecule has 2 heterocycles. The smallest absolute Gasteiger partial charge is 0.323 e. The molecule has 1 saturated heterocycles. The van der Waals surface area contributed by atoms with Crippen molar-refractivity contribution >= 4 is 23.4 Å². The van der Waals surface area contributed by atoms with Gasteiger partial charge in [0, 0.05) is 32.2 Å². The number of aryl methyl sites for hydroxylation is 2. The van der Waals surface area contributed by atoms with Crippen LogP contribution in [0.25, 0.3) is 0 Å². The van der Waals surface area contributed by atoms with Crippen LogP contribution >= 0.6 is 0 Å². The van der Waals surface area contributed by atoms with Crippen molar-refractivity contribution in [2.24, 2.45) is 0 Å². The first-order chi connectivity index (χ1) is 12.8. The van der Waals surface area contributed by atoms with Crippen molar-refractivity contribution in [1.82, 2.24) is 14.9 Å². The quantitative estimate of drug-likeness (QED) is 0.862. The molecule has 0 atom stereocenters. The number of carbonyl (C=O) groups excluding carboxylic acids is 1. The molecule has 2 N–H and O–H groups in total. The molecule has 2 amide bonds. The molecule has 7 nitrogen and oxygen atoms in total. The van der Waals surface area contributed by atoms with Crippen molar-refractivity contribution in [2.75, 3.05) is 48.8 Å². The number of rotatable bonds is 3. The topological polar surface area (TPSA) is 73.4 Å². The summed E-state index contributed by atoms with van der Waals surface area (Å²) in [6, 6.07) is 2.16. The molecule has 9 heteroatoms. The average Bonchev–Trinajstić information content (AvgIpc) is 2.62. The maximum absolute atomic E-state index is 13.7. The summed E-state index contributed by atoms with van der Waals surface area (Å²) in [4.78, 5) is 25.5. The number of benzene rings is 1. The molecule has 1 aromatic carbocycles. The minimum atomic E-state index is -0.721. The Balaban J connectivity index is 1.73. The molecule has 3 rings (SSSR count). The largest absolute Gasteiger partial charge is 0.338 e. The van der Waals surface area contributed by atoms with E-state index in [2.05, 4.69) is 37.4 Å². The van der Waals surface area contributed by atoms with Crippen LogP contribution in [0.5, 0.6) is 0 Å². The Hall–Kier alpha value is -2.81. The van der Waals surface area contributed by atoms with Gasteiger partial charge in [-0.25, -0.2) is 23.5 Å². The van der Waals surface area contributed by atoms with Gasteiger partial charge in [-0.2, -0.15) is 0 Å². The van der Waals surface area contributed by atoms with Crippen LogP contribution in [0.15, 0.2) is 18.2 Å². The van der Waals surface area contributed by atoms with E-state index in [4.69, 9.17) is 0 Å². The van der Waals surface area contributed by atoms with Crippen molar-refractivity contribution in [3.05, 3.63) is 41.2 Å². The molecule has 0 bridgehead atoms. The number of hydrogen-bond acceptors (Lipinski definition) is 5. The number of aromatic nitrogens is 2. The number of halogens is 2. The fourth-order valence-corrected chi connectivity index (χ4v) is 2.89. The standard InChI is InChI=1S/C18H22F2N6O/c1-11-16(24-18(27)23-15-10-13(19)4-5-14(15)20)12(2)22-17(21-11)26-8-6-25(3)7-9-26/h4-5,10H,6-9H2,1-3H3,(H2,23,24,27). The Kier molecular flexibility index (Phi) is 5.50. The Labute approximate surface area is 156 Å². The van der Waals surface area contributed by atoms with E-state index in [-0.39, 0.29) is 5.69 Å². The molecule has 144 valence electrons. The van der Waals surface area contributed by atoms with E-state index >= 15 is 0 Å². The maximum Gasteiger partial charge on any atom is 0.323 e. The maximum atomic E-state index is 13.7. The van der Waals surface area contributed by atoms with Crippen molar-refractivity contribution < 1.29 is 13.6 Å². The second-order valence-corrected chi connectivity index (χ2v) is 6.56. The molecule has 1 aliphatic rings. The fraction of sp³-hybridized carbons (Fsp3) is 0.389. The number of nitrogens with one attached hydrogen (secondary N) is 2. The third kappa shape index (κ3) is 4.48. The van der Waals surface area contributed by atoms with E-state index < -0.39 is 17.7 Å². The number of urea groups is 1. The number of nitrogens with zero attached hydrogens (tertiary/aromatic N) is 4. The van der Waals surface area contributed by atoms with Gasteiger partial charge >= 0.3 is 6.03 Å². The van der Waals surface area contributed by atoms with Gasteiger partial charge in [0.15, 0.2) is 0 Å². The molecule has 0 unspecified atom stereocenters. The van der Waals surface area contributed by atoms with Gasteiger partial charge in [0.2, 0.25) is 5.95 Å². The van der Waals surface area contributed by atoms with Gasteiger partial charge in [-0.15, -0.1) is 0 Å². The first kappa shape index (κ1) is 19.0. The number of piperazine rings is 1. The van der Waals surface area contributed by atoms with Gasteiger partial charge in [0.1, 0.15) is 11.6 Å². The molecule has 2 aromatic rings. The lowest BCUT2D eigenvalue weighted by molar-refractivity contribution is 0.262. The second kappa shape index (κ2) is 7.83. The lowest BCUT2D eigenvalue weighted by Crippen LogP contribution is -2.45. The molecule has 1 aliphatic heterocycles. The molecule has 0 radical (unpaired) electrons. The summed E-state index contributed by atoms with van der Waals surface area (Å²) < 4.78 is 26.9. The zero-order chi connectivity index (χ0) is 19.6. The Bertz CT molecular complexity index is 829. The number of likely N-dealkylation sites (N-methyl/N-ethyl adjacent to an activating group) is 1. The molecule has 1 aromatic heterocycles. The zero-order valence-corrected chi connectivity index (χ0v) is 15.5. The number of hydrogen-bond donors (Lipinski definition) is 2. The van der Waals surface area contributed by atoms with E-state index in [1.807, 2.05) is 0 Å². The van der Waals surface area contributed by atoms with Crippen LogP contribution in [-0.4, -0.2) is 54.1 Å². The SMILES string of the molecule is Cc1nc(N2CCN(C)CC2)nc(C)c1NC(=O)Nc1cc(F)ccc1F. The summed E-state index contributed by atoms with van der Waals surface area (Å²) >= 11 is 0. The minimum Gasteiger partial charge on any atom is -0.338 e. The van der Waals surface area contributed by atoms with Gasteiger partial charge in [0.05, 0.1) is 22.8 Å². The number of carbonyl (C=O) groups is 1. The number of anilines is 3. The van der Waals surface area contributed by atoms with Gasteiger partial charge < -0.3 is 20.4 Å². The third-order valence-corrected chi connectivity index (χ3v) is 4.46. The highest BCUT2D eigenvalue weighted by atomic mass is 19.1. The molecule has 1 fully saturated rings. The summed E-state index contributed by atoms with van der Waals surface area (Å²) in [7, 11) is 2.07. The zero-order valence-electron chi connectivity index (χ0n) is 15.5. The van der Waals surface area contributed by atoms with Crippen LogP contribution in [0.2, 0.25) is 0 Å². The monoisotopic (exact) mass is 376 g/mol. The highest BCUT2D eigenvalue weighted by Crippen LogP contribution is 2.22. The van der Waals surface area contributed by atoms with Crippen LogP contribution in [-0.2, 0) is 0 Å². The van der Waals surface area contributed by atoms with Crippen molar-refractivity contribution in [3.63, 3.8) is 0 Å². The van der Waals surface area contributed by atoms with E-state index in [9.17, 15) is 13.6 Å². The van der Waals surface area contributed by atoms with Crippen molar-refractivity contribution in [1.29, 1.82) is 0 Å². The molecule has 0 aliphatic carbocycles. The summed E-state index contributed by atoms with van der Waals surface area (Å²) in [5.41, 5.74) is 1.41. The Morgan fingerprint density at radius 2 is 1.67 bits per heavy atom. The Morgan fingerprint density at radius 3 is 2.30 bits per heavy atom. The third-order valence-electron chi connectivity index (χ3n) is 4.46. The summed E-state index contributed by atoms with van der Waals surface area (Å²) in [5, 5.41) is 4.92. The Morgan fingerprint density at radius 1 is 1.04 bits per heavy atom. The molecule has 0 spiro atoms. The predicted octanol–water partition coefficient (Wildman–Crippen LogP) is 2.77. The lowest BCUT2D eigenvalue weighted by atomic mass is 10.2.